The summed E-state index contributed by atoms with van der Waals surface area (Å²) in [6.07, 6.45) is 1.08. The number of hydrogen-bond donors (Lipinski definition) is 0. The zero-order valence-corrected chi connectivity index (χ0v) is 17.3. The second kappa shape index (κ2) is 7.20. The van der Waals surface area contributed by atoms with Crippen molar-refractivity contribution in [1.82, 2.24) is 0 Å². The van der Waals surface area contributed by atoms with Crippen molar-refractivity contribution in [2.24, 2.45) is 0 Å². The fourth-order valence-corrected chi connectivity index (χ4v) is 8.93. The van der Waals surface area contributed by atoms with Crippen molar-refractivity contribution in [2.45, 2.75) is 12.2 Å². The Kier molecular flexibility index (Phi) is 4.77. The highest BCUT2D eigenvalue weighted by molar-refractivity contribution is 8.37. The van der Waals surface area contributed by atoms with Crippen LogP contribution in [0.4, 0.5) is 0 Å². The van der Waals surface area contributed by atoms with Gasteiger partial charge in [-0.15, -0.1) is 11.8 Å². The van der Waals surface area contributed by atoms with E-state index in [2.05, 4.69) is 58.7 Å². The van der Waals surface area contributed by atoms with Crippen LogP contribution >= 0.6 is 58.8 Å². The third-order valence-electron chi connectivity index (χ3n) is 4.27. The Morgan fingerprint density at radius 1 is 0.840 bits per heavy atom. The molecule has 0 aromatic heterocycles. The maximum Gasteiger partial charge on any atom is 0.0705 e. The van der Waals surface area contributed by atoms with Gasteiger partial charge in [0.15, 0.2) is 0 Å². The molecule has 2 heterocycles. The molecule has 0 nitrogen and oxygen atoms in total. The minimum atomic E-state index is 1.05. The maximum atomic E-state index is 2.40. The van der Waals surface area contributed by atoms with Gasteiger partial charge in [-0.3, -0.25) is 0 Å². The van der Waals surface area contributed by atoms with Crippen LogP contribution in [-0.2, 0) is 12.2 Å². The molecule has 0 unspecified atom stereocenters. The zero-order chi connectivity index (χ0) is 16.6. The summed E-state index contributed by atoms with van der Waals surface area (Å²) >= 11 is 9.44. The molecule has 2 aromatic rings. The van der Waals surface area contributed by atoms with E-state index in [1.54, 1.807) is 0 Å². The van der Waals surface area contributed by atoms with E-state index in [-0.39, 0.29) is 0 Å². The molecule has 0 N–H and O–H groups in total. The quantitative estimate of drug-likeness (QED) is 0.426. The average Bonchev–Trinajstić information content (AvgIpc) is 3.37. The Bertz CT molecular complexity index is 929. The molecule has 0 fully saturated rings. The van der Waals surface area contributed by atoms with Gasteiger partial charge < -0.3 is 0 Å². The molecule has 0 spiro atoms. The van der Waals surface area contributed by atoms with Crippen molar-refractivity contribution in [3.05, 3.63) is 88.1 Å². The first-order valence-corrected chi connectivity index (χ1v) is 12.4. The van der Waals surface area contributed by atoms with Crippen LogP contribution in [0.1, 0.15) is 16.7 Å². The molecule has 5 rings (SSSR count). The number of thioether (sulfide) groups is 5. The second-order valence-electron chi connectivity index (χ2n) is 5.85. The fraction of sp³-hybridized carbons (Fsp3) is 0.100. The van der Waals surface area contributed by atoms with E-state index in [1.165, 1.54) is 40.5 Å². The van der Waals surface area contributed by atoms with Crippen LogP contribution < -0.4 is 0 Å². The van der Waals surface area contributed by atoms with Crippen molar-refractivity contribution < 1.29 is 0 Å². The number of rotatable bonds is 3. The van der Waals surface area contributed by atoms with E-state index in [0.717, 1.165) is 12.2 Å². The fourth-order valence-electron chi connectivity index (χ4n) is 3.14. The second-order valence-corrected chi connectivity index (χ2v) is 11.4. The van der Waals surface area contributed by atoms with E-state index >= 15 is 0 Å². The lowest BCUT2D eigenvalue weighted by Gasteiger charge is -2.06. The Hall–Kier alpha value is -0.590. The molecule has 2 aromatic carbocycles. The van der Waals surface area contributed by atoms with Gasteiger partial charge in [0.25, 0.3) is 0 Å². The highest BCUT2D eigenvalue weighted by Crippen LogP contribution is 2.56. The summed E-state index contributed by atoms with van der Waals surface area (Å²) in [5.74, 6) is 1.05. The van der Waals surface area contributed by atoms with Gasteiger partial charge in [0.2, 0.25) is 0 Å². The molecular weight excluding hydrogens is 401 g/mol. The molecule has 124 valence electrons. The molecule has 0 saturated carbocycles. The van der Waals surface area contributed by atoms with Gasteiger partial charge in [-0.25, -0.2) is 0 Å². The van der Waals surface area contributed by atoms with Crippen molar-refractivity contribution in [3.8, 4) is 11.1 Å². The summed E-state index contributed by atoms with van der Waals surface area (Å²) < 4.78 is 4.29. The van der Waals surface area contributed by atoms with Crippen molar-refractivity contribution in [3.63, 3.8) is 0 Å². The molecule has 0 bridgehead atoms. The SMILES string of the molecule is C1=CSC(=C2SC=C(SCc3ccc4c(c3)Cc3ccccc3-4)S2)S1. The summed E-state index contributed by atoms with van der Waals surface area (Å²) in [4.78, 5) is 0. The van der Waals surface area contributed by atoms with Crippen molar-refractivity contribution in [1.29, 1.82) is 0 Å². The van der Waals surface area contributed by atoms with Gasteiger partial charge in [-0.1, -0.05) is 89.5 Å². The molecule has 3 aliphatic rings. The molecular formula is C20H14S5. The van der Waals surface area contributed by atoms with E-state index in [0.29, 0.717) is 0 Å². The largest absolute Gasteiger partial charge is 0.114 e. The highest BCUT2D eigenvalue weighted by atomic mass is 32.2. The third kappa shape index (κ3) is 3.37. The molecule has 0 atom stereocenters. The van der Waals surface area contributed by atoms with Crippen LogP contribution in [-0.4, -0.2) is 0 Å². The Labute approximate surface area is 169 Å². The van der Waals surface area contributed by atoms with Gasteiger partial charge in [0, 0.05) is 5.75 Å². The molecule has 1 aliphatic carbocycles. The van der Waals surface area contributed by atoms with E-state index in [1.807, 2.05) is 58.8 Å². The summed E-state index contributed by atoms with van der Waals surface area (Å²) in [6, 6.07) is 15.8. The van der Waals surface area contributed by atoms with Crippen molar-refractivity contribution in [2.75, 3.05) is 0 Å². The van der Waals surface area contributed by atoms with E-state index in [4.69, 9.17) is 0 Å². The predicted molar refractivity (Wildman–Crippen MR) is 121 cm³/mol. The molecule has 0 radical (unpaired) electrons. The van der Waals surface area contributed by atoms with Gasteiger partial charge in [-0.05, 0) is 50.5 Å². The first kappa shape index (κ1) is 16.6. The Balaban J connectivity index is 1.26. The predicted octanol–water partition coefficient (Wildman–Crippen LogP) is 7.85. The lowest BCUT2D eigenvalue weighted by Crippen LogP contribution is -1.85. The number of benzene rings is 2. The van der Waals surface area contributed by atoms with Crippen LogP contribution in [0, 0.1) is 0 Å². The van der Waals surface area contributed by atoms with Crippen LogP contribution in [0.2, 0.25) is 0 Å². The van der Waals surface area contributed by atoms with Gasteiger partial charge in [0.05, 0.1) is 12.7 Å². The number of fused-ring (bicyclic) bond motifs is 3. The molecule has 0 saturated heterocycles. The van der Waals surface area contributed by atoms with Crippen LogP contribution in [0.3, 0.4) is 0 Å². The number of hydrogen-bond acceptors (Lipinski definition) is 5. The van der Waals surface area contributed by atoms with Crippen LogP contribution in [0.25, 0.3) is 11.1 Å². The summed E-state index contributed by atoms with van der Waals surface area (Å²) in [6.45, 7) is 0. The Morgan fingerprint density at radius 2 is 1.68 bits per heavy atom. The van der Waals surface area contributed by atoms with Gasteiger partial charge in [0.1, 0.15) is 0 Å². The van der Waals surface area contributed by atoms with Crippen LogP contribution in [0.5, 0.6) is 0 Å². The van der Waals surface area contributed by atoms with Crippen LogP contribution in [0.15, 0.2) is 71.4 Å². The molecule has 5 heteroatoms. The first-order chi connectivity index (χ1) is 12.4. The molecule has 2 aliphatic heterocycles. The monoisotopic (exact) mass is 414 g/mol. The molecule has 25 heavy (non-hydrogen) atoms. The minimum Gasteiger partial charge on any atom is -0.114 e. The lowest BCUT2D eigenvalue weighted by atomic mass is 10.0. The first-order valence-electron chi connectivity index (χ1n) is 7.97. The lowest BCUT2D eigenvalue weighted by molar-refractivity contribution is 1.24. The van der Waals surface area contributed by atoms with Crippen molar-refractivity contribution >= 4 is 58.8 Å². The summed E-state index contributed by atoms with van der Waals surface area (Å²) in [5, 5.41) is 6.64. The summed E-state index contributed by atoms with van der Waals surface area (Å²) in [7, 11) is 0. The Morgan fingerprint density at radius 3 is 2.60 bits per heavy atom. The van der Waals surface area contributed by atoms with E-state index < -0.39 is 0 Å². The average molecular weight is 415 g/mol. The van der Waals surface area contributed by atoms with Gasteiger partial charge in [-0.2, -0.15) is 0 Å². The standard InChI is InChI=1S/C20H14S5/c1-2-4-16-14(3-1)10-15-9-13(5-6-17(15)16)11-23-18-12-24-20(25-18)19-21-7-8-22-19/h1-9,12H,10-11H2. The van der Waals surface area contributed by atoms with Gasteiger partial charge >= 0.3 is 0 Å². The maximum absolute atomic E-state index is 2.40. The highest BCUT2D eigenvalue weighted by Gasteiger charge is 2.20. The molecule has 0 amide bonds. The smallest absolute Gasteiger partial charge is 0.0705 e. The normalized spacial score (nSPS) is 17.8. The van der Waals surface area contributed by atoms with E-state index in [9.17, 15) is 0 Å². The minimum absolute atomic E-state index is 1.05. The topological polar surface area (TPSA) is 0 Å². The summed E-state index contributed by atoms with van der Waals surface area (Å²) in [5.41, 5.74) is 7.21. The zero-order valence-electron chi connectivity index (χ0n) is 13.2. The third-order valence-corrected chi connectivity index (χ3v) is 10.7.